The molecule has 1 N–H and O–H groups in total. The van der Waals surface area contributed by atoms with Crippen LogP contribution < -0.4 is 5.32 Å². The molecule has 5 heteroatoms. The van der Waals surface area contributed by atoms with Gasteiger partial charge in [-0.3, -0.25) is 9.69 Å². The smallest absolute Gasteiger partial charge is 0.227 e. The summed E-state index contributed by atoms with van der Waals surface area (Å²) in [6.07, 6.45) is 1.74. The third-order valence-electron chi connectivity index (χ3n) is 4.34. The van der Waals surface area contributed by atoms with Gasteiger partial charge in [0.05, 0.1) is 0 Å². The molecule has 1 heterocycles. The highest BCUT2D eigenvalue weighted by Gasteiger charge is 2.25. The molecule has 0 bridgehead atoms. The Morgan fingerprint density at radius 2 is 1.67 bits per heavy atom. The van der Waals surface area contributed by atoms with Gasteiger partial charge in [-0.25, -0.2) is 0 Å². The third kappa shape index (κ3) is 4.73. The van der Waals surface area contributed by atoms with Crippen molar-refractivity contribution in [1.82, 2.24) is 4.90 Å². The minimum Gasteiger partial charge on any atom is -0.326 e. The molecule has 3 rings (SSSR count). The molecule has 0 spiro atoms. The Balaban J connectivity index is 1.51. The lowest BCUT2D eigenvalue weighted by Gasteiger charge is -2.31. The highest BCUT2D eigenvalue weighted by Crippen LogP contribution is 2.25. The second-order valence-corrected chi connectivity index (χ2v) is 7.06. The van der Waals surface area contributed by atoms with E-state index in [1.807, 2.05) is 6.07 Å². The molecule has 24 heavy (non-hydrogen) atoms. The van der Waals surface area contributed by atoms with Crippen molar-refractivity contribution < 1.29 is 4.79 Å². The quantitative estimate of drug-likeness (QED) is 0.843. The predicted octanol–water partition coefficient (Wildman–Crippen LogP) is 4.84. The number of amides is 1. The minimum absolute atomic E-state index is 0.0368. The molecule has 0 saturated carbocycles. The molecule has 0 aromatic heterocycles. The number of anilines is 1. The number of hydrogen-bond acceptors (Lipinski definition) is 2. The van der Waals surface area contributed by atoms with E-state index in [1.165, 1.54) is 5.56 Å². The molecule has 1 fully saturated rings. The molecule has 0 atom stereocenters. The number of carbonyl (C=O) groups excluding carboxylic acids is 1. The first-order chi connectivity index (χ1) is 11.6. The van der Waals surface area contributed by atoms with E-state index in [4.69, 9.17) is 23.2 Å². The monoisotopic (exact) mass is 362 g/mol. The second kappa shape index (κ2) is 8.02. The van der Waals surface area contributed by atoms with E-state index in [1.54, 1.807) is 18.2 Å². The van der Waals surface area contributed by atoms with Crippen LogP contribution in [0.5, 0.6) is 0 Å². The molecule has 0 aliphatic carbocycles. The van der Waals surface area contributed by atoms with Crippen molar-refractivity contribution in [3.8, 4) is 0 Å². The van der Waals surface area contributed by atoms with Crippen molar-refractivity contribution in [1.29, 1.82) is 0 Å². The SMILES string of the molecule is O=C(Nc1cc(Cl)cc(Cl)c1)C1CCN(Cc2ccccc2)CC1. The zero-order valence-electron chi connectivity index (χ0n) is 13.3. The summed E-state index contributed by atoms with van der Waals surface area (Å²) in [7, 11) is 0. The average molecular weight is 363 g/mol. The Morgan fingerprint density at radius 1 is 1.04 bits per heavy atom. The summed E-state index contributed by atoms with van der Waals surface area (Å²) in [6, 6.07) is 15.5. The maximum absolute atomic E-state index is 12.4. The van der Waals surface area contributed by atoms with Gasteiger partial charge in [0, 0.05) is 28.2 Å². The summed E-state index contributed by atoms with van der Waals surface area (Å²) in [5, 5.41) is 3.98. The molecule has 1 saturated heterocycles. The highest BCUT2D eigenvalue weighted by atomic mass is 35.5. The van der Waals surface area contributed by atoms with Crippen LogP contribution in [0, 0.1) is 5.92 Å². The summed E-state index contributed by atoms with van der Waals surface area (Å²) in [4.78, 5) is 14.8. The molecule has 1 aliphatic heterocycles. The summed E-state index contributed by atoms with van der Waals surface area (Å²) < 4.78 is 0. The minimum atomic E-state index is 0.0368. The van der Waals surface area contributed by atoms with Crippen molar-refractivity contribution in [2.75, 3.05) is 18.4 Å². The maximum atomic E-state index is 12.4. The largest absolute Gasteiger partial charge is 0.326 e. The van der Waals surface area contributed by atoms with Crippen molar-refractivity contribution in [2.45, 2.75) is 19.4 Å². The van der Waals surface area contributed by atoms with Gasteiger partial charge < -0.3 is 5.32 Å². The van der Waals surface area contributed by atoms with Crippen LogP contribution in [0.25, 0.3) is 0 Å². The summed E-state index contributed by atoms with van der Waals surface area (Å²) in [5.41, 5.74) is 1.97. The lowest BCUT2D eigenvalue weighted by atomic mass is 9.95. The van der Waals surface area contributed by atoms with Crippen LogP contribution in [0.4, 0.5) is 5.69 Å². The fraction of sp³-hybridized carbons (Fsp3) is 0.316. The number of rotatable bonds is 4. The third-order valence-corrected chi connectivity index (χ3v) is 4.77. The zero-order valence-corrected chi connectivity index (χ0v) is 14.9. The molecule has 1 amide bonds. The number of benzene rings is 2. The molecule has 3 nitrogen and oxygen atoms in total. The van der Waals surface area contributed by atoms with Gasteiger partial charge in [-0.05, 0) is 49.7 Å². The normalized spacial score (nSPS) is 16.1. The van der Waals surface area contributed by atoms with E-state index in [-0.39, 0.29) is 11.8 Å². The molecular weight excluding hydrogens is 343 g/mol. The van der Waals surface area contributed by atoms with Crippen molar-refractivity contribution in [3.05, 3.63) is 64.1 Å². The van der Waals surface area contributed by atoms with Crippen LogP contribution in [0.2, 0.25) is 10.0 Å². The average Bonchev–Trinajstić information content (AvgIpc) is 2.55. The molecular formula is C19H20Cl2N2O. The van der Waals surface area contributed by atoms with Gasteiger partial charge >= 0.3 is 0 Å². The summed E-state index contributed by atoms with van der Waals surface area (Å²) in [5.74, 6) is 0.0856. The fourth-order valence-electron chi connectivity index (χ4n) is 3.07. The van der Waals surface area contributed by atoms with Crippen molar-refractivity contribution >= 4 is 34.8 Å². The first-order valence-electron chi connectivity index (χ1n) is 8.13. The van der Waals surface area contributed by atoms with Gasteiger partial charge in [-0.1, -0.05) is 53.5 Å². The lowest BCUT2D eigenvalue weighted by Crippen LogP contribution is -2.37. The van der Waals surface area contributed by atoms with E-state index in [0.717, 1.165) is 32.5 Å². The Morgan fingerprint density at radius 3 is 2.29 bits per heavy atom. The summed E-state index contributed by atoms with van der Waals surface area (Å²) in [6.45, 7) is 2.81. The first kappa shape index (κ1) is 17.3. The topological polar surface area (TPSA) is 32.3 Å². The molecule has 2 aromatic rings. The highest BCUT2D eigenvalue weighted by molar-refractivity contribution is 6.35. The van der Waals surface area contributed by atoms with Gasteiger partial charge in [-0.15, -0.1) is 0 Å². The van der Waals surface area contributed by atoms with E-state index in [0.29, 0.717) is 15.7 Å². The number of halogens is 2. The van der Waals surface area contributed by atoms with Gasteiger partial charge in [0.1, 0.15) is 0 Å². The molecule has 0 unspecified atom stereocenters. The lowest BCUT2D eigenvalue weighted by molar-refractivity contribution is -0.121. The molecule has 2 aromatic carbocycles. The Hall–Kier alpha value is -1.55. The van der Waals surface area contributed by atoms with E-state index in [9.17, 15) is 4.79 Å². The number of likely N-dealkylation sites (tertiary alicyclic amines) is 1. The zero-order chi connectivity index (χ0) is 16.9. The molecule has 126 valence electrons. The van der Waals surface area contributed by atoms with Crippen LogP contribution in [0.15, 0.2) is 48.5 Å². The number of hydrogen-bond donors (Lipinski definition) is 1. The van der Waals surface area contributed by atoms with Crippen molar-refractivity contribution in [3.63, 3.8) is 0 Å². The van der Waals surface area contributed by atoms with Gasteiger partial charge in [0.2, 0.25) is 5.91 Å². The summed E-state index contributed by atoms with van der Waals surface area (Å²) >= 11 is 11.9. The Labute approximate surface area is 152 Å². The van der Waals surface area contributed by atoms with Gasteiger partial charge in [0.15, 0.2) is 0 Å². The Kier molecular flexibility index (Phi) is 5.77. The Bertz CT molecular complexity index is 678. The first-order valence-corrected chi connectivity index (χ1v) is 8.89. The molecule has 0 radical (unpaired) electrons. The number of carbonyl (C=O) groups is 1. The van der Waals surface area contributed by atoms with Crippen LogP contribution in [-0.2, 0) is 11.3 Å². The number of piperidine rings is 1. The van der Waals surface area contributed by atoms with E-state index >= 15 is 0 Å². The standard InChI is InChI=1S/C19H20Cl2N2O/c20-16-10-17(21)12-18(11-16)22-19(24)15-6-8-23(9-7-15)13-14-4-2-1-3-5-14/h1-5,10-12,15H,6-9,13H2,(H,22,24). The number of nitrogens with zero attached hydrogens (tertiary/aromatic N) is 1. The van der Waals surface area contributed by atoms with Gasteiger partial charge in [0.25, 0.3) is 0 Å². The van der Waals surface area contributed by atoms with E-state index < -0.39 is 0 Å². The van der Waals surface area contributed by atoms with Crippen LogP contribution >= 0.6 is 23.2 Å². The second-order valence-electron chi connectivity index (χ2n) is 6.18. The predicted molar refractivity (Wildman–Crippen MR) is 99.5 cm³/mol. The van der Waals surface area contributed by atoms with Gasteiger partial charge in [-0.2, -0.15) is 0 Å². The maximum Gasteiger partial charge on any atom is 0.227 e. The number of nitrogens with one attached hydrogen (secondary N) is 1. The van der Waals surface area contributed by atoms with Crippen LogP contribution in [0.3, 0.4) is 0 Å². The van der Waals surface area contributed by atoms with Crippen LogP contribution in [-0.4, -0.2) is 23.9 Å². The van der Waals surface area contributed by atoms with Crippen LogP contribution in [0.1, 0.15) is 18.4 Å². The molecule has 1 aliphatic rings. The van der Waals surface area contributed by atoms with E-state index in [2.05, 4.69) is 34.5 Å². The fourth-order valence-corrected chi connectivity index (χ4v) is 3.59. The van der Waals surface area contributed by atoms with Crippen molar-refractivity contribution in [2.24, 2.45) is 5.92 Å².